The van der Waals surface area contributed by atoms with E-state index in [1.807, 2.05) is 0 Å². The molecule has 2 aromatic carbocycles. The van der Waals surface area contributed by atoms with E-state index in [-0.39, 0.29) is 11.3 Å². The lowest BCUT2D eigenvalue weighted by molar-refractivity contribution is -0.118. The Morgan fingerprint density at radius 2 is 1.88 bits per heavy atom. The number of nitrogens with one attached hydrogen (secondary N) is 1. The quantitative estimate of drug-likeness (QED) is 0.709. The zero-order valence-electron chi connectivity index (χ0n) is 13.7. The summed E-state index contributed by atoms with van der Waals surface area (Å²) in [5.41, 5.74) is 1.38. The molecular formula is C18H14Cl2N2O3S. The Hall–Kier alpha value is -2.15. The minimum absolute atomic E-state index is 0.00177. The molecule has 0 aliphatic rings. The van der Waals surface area contributed by atoms with Crippen molar-refractivity contribution in [2.45, 2.75) is 18.2 Å². The van der Waals surface area contributed by atoms with Crippen LogP contribution in [0.3, 0.4) is 0 Å². The molecule has 1 heterocycles. The second-order valence-corrected chi connectivity index (χ2v) is 8.17. The van der Waals surface area contributed by atoms with Crippen LogP contribution in [-0.2, 0) is 21.2 Å². The Bertz CT molecular complexity index is 1110. The second-order valence-electron chi connectivity index (χ2n) is 5.74. The number of hydrogen-bond acceptors (Lipinski definition) is 4. The number of amides is 1. The monoisotopic (exact) mass is 408 g/mol. The van der Waals surface area contributed by atoms with Crippen molar-refractivity contribution in [3.63, 3.8) is 0 Å². The molecule has 26 heavy (non-hydrogen) atoms. The van der Waals surface area contributed by atoms with Gasteiger partial charge in [-0.25, -0.2) is 13.1 Å². The standard InChI is InChI=1S/C18H14Cl2N2O3S/c1-11-4-6-13-3-2-8-21-17(13)18(11)26(24,25)22-16(23)10-12-5-7-14(19)15(20)9-12/h2-9H,10H2,1H3,(H,22,23). The summed E-state index contributed by atoms with van der Waals surface area (Å²) < 4.78 is 27.6. The topological polar surface area (TPSA) is 76.1 Å². The SMILES string of the molecule is Cc1ccc2cccnc2c1S(=O)(=O)NC(=O)Cc1ccc(Cl)c(Cl)c1. The number of carbonyl (C=O) groups excluding carboxylic acids is 1. The Morgan fingerprint density at radius 3 is 2.62 bits per heavy atom. The van der Waals surface area contributed by atoms with E-state index in [0.717, 1.165) is 0 Å². The summed E-state index contributed by atoms with van der Waals surface area (Å²) >= 11 is 11.8. The first-order valence-corrected chi connectivity index (χ1v) is 9.86. The lowest BCUT2D eigenvalue weighted by Crippen LogP contribution is -2.32. The first-order valence-electron chi connectivity index (χ1n) is 7.62. The molecule has 8 heteroatoms. The van der Waals surface area contributed by atoms with E-state index in [1.165, 1.54) is 12.3 Å². The fourth-order valence-electron chi connectivity index (χ4n) is 2.63. The Kier molecular flexibility index (Phi) is 5.18. The molecule has 0 fully saturated rings. The summed E-state index contributed by atoms with van der Waals surface area (Å²) in [5, 5.41) is 1.34. The van der Waals surface area contributed by atoms with Gasteiger partial charge in [0.2, 0.25) is 5.91 Å². The van der Waals surface area contributed by atoms with Crippen LogP contribution < -0.4 is 4.72 Å². The van der Waals surface area contributed by atoms with Gasteiger partial charge >= 0.3 is 0 Å². The van der Waals surface area contributed by atoms with Crippen molar-refractivity contribution in [3.05, 3.63) is 69.8 Å². The van der Waals surface area contributed by atoms with Crippen molar-refractivity contribution >= 4 is 50.0 Å². The molecule has 1 aromatic heterocycles. The van der Waals surface area contributed by atoms with E-state index in [0.29, 0.717) is 32.1 Å². The summed E-state index contributed by atoms with van der Waals surface area (Å²) in [5.74, 6) is -0.671. The molecule has 0 aliphatic heterocycles. The number of nitrogens with zero attached hydrogens (tertiary/aromatic N) is 1. The number of aromatic nitrogens is 1. The summed E-state index contributed by atoms with van der Waals surface area (Å²) in [6.45, 7) is 1.66. The molecule has 134 valence electrons. The number of benzene rings is 2. The van der Waals surface area contributed by atoms with Crippen molar-refractivity contribution in [1.29, 1.82) is 0 Å². The smallest absolute Gasteiger partial charge is 0.266 e. The first-order chi connectivity index (χ1) is 12.3. The van der Waals surface area contributed by atoms with E-state index in [9.17, 15) is 13.2 Å². The number of fused-ring (bicyclic) bond motifs is 1. The van der Waals surface area contributed by atoms with E-state index < -0.39 is 15.9 Å². The summed E-state index contributed by atoms with van der Waals surface area (Å²) in [6, 6.07) is 11.7. The van der Waals surface area contributed by atoms with Crippen LogP contribution in [0.4, 0.5) is 0 Å². The summed E-state index contributed by atoms with van der Waals surface area (Å²) in [4.78, 5) is 16.4. The molecule has 0 aliphatic carbocycles. The van der Waals surface area contributed by atoms with Crippen LogP contribution in [0.1, 0.15) is 11.1 Å². The average molecular weight is 409 g/mol. The maximum atomic E-state index is 12.8. The molecule has 0 bridgehead atoms. The number of carbonyl (C=O) groups is 1. The van der Waals surface area contributed by atoms with Gasteiger partial charge < -0.3 is 0 Å². The fourth-order valence-corrected chi connectivity index (χ4v) is 4.34. The van der Waals surface area contributed by atoms with Crippen molar-refractivity contribution in [2.75, 3.05) is 0 Å². The van der Waals surface area contributed by atoms with Crippen LogP contribution in [0.15, 0.2) is 53.6 Å². The Morgan fingerprint density at radius 1 is 1.12 bits per heavy atom. The number of halogens is 2. The Balaban J connectivity index is 1.90. The number of rotatable bonds is 4. The predicted octanol–water partition coefficient (Wildman–Crippen LogP) is 3.90. The number of pyridine rings is 1. The van der Waals surface area contributed by atoms with Crippen molar-refractivity contribution in [1.82, 2.24) is 9.71 Å². The van der Waals surface area contributed by atoms with Gasteiger partial charge in [-0.1, -0.05) is 47.5 Å². The van der Waals surface area contributed by atoms with E-state index in [4.69, 9.17) is 23.2 Å². The third-order valence-electron chi connectivity index (χ3n) is 3.79. The molecule has 1 amide bonds. The van der Waals surface area contributed by atoms with Gasteiger partial charge in [0.25, 0.3) is 10.0 Å². The zero-order valence-corrected chi connectivity index (χ0v) is 16.0. The molecule has 3 aromatic rings. The van der Waals surface area contributed by atoms with Crippen LogP contribution >= 0.6 is 23.2 Å². The van der Waals surface area contributed by atoms with E-state index in [1.54, 1.807) is 43.3 Å². The van der Waals surface area contributed by atoms with Gasteiger partial charge in [-0.05, 0) is 36.2 Å². The van der Waals surface area contributed by atoms with Crippen LogP contribution in [0.5, 0.6) is 0 Å². The molecule has 5 nitrogen and oxygen atoms in total. The van der Waals surface area contributed by atoms with Gasteiger partial charge in [0.1, 0.15) is 4.90 Å². The molecule has 0 saturated carbocycles. The van der Waals surface area contributed by atoms with Crippen molar-refractivity contribution in [3.8, 4) is 0 Å². The van der Waals surface area contributed by atoms with Crippen LogP contribution in [0, 0.1) is 6.92 Å². The largest absolute Gasteiger partial charge is 0.274 e. The zero-order chi connectivity index (χ0) is 18.9. The molecule has 0 spiro atoms. The van der Waals surface area contributed by atoms with Gasteiger partial charge in [0.15, 0.2) is 0 Å². The first kappa shape index (κ1) is 18.6. The predicted molar refractivity (Wildman–Crippen MR) is 102 cm³/mol. The maximum Gasteiger partial charge on any atom is 0.266 e. The number of aryl methyl sites for hydroxylation is 1. The number of sulfonamides is 1. The van der Waals surface area contributed by atoms with Gasteiger partial charge in [-0.2, -0.15) is 0 Å². The lowest BCUT2D eigenvalue weighted by Gasteiger charge is -2.12. The summed E-state index contributed by atoms with van der Waals surface area (Å²) in [7, 11) is -4.08. The third kappa shape index (κ3) is 3.82. The minimum atomic E-state index is -4.08. The highest BCUT2D eigenvalue weighted by atomic mass is 35.5. The molecule has 0 saturated heterocycles. The minimum Gasteiger partial charge on any atom is -0.274 e. The van der Waals surface area contributed by atoms with Crippen LogP contribution in [0.25, 0.3) is 10.9 Å². The normalized spacial score (nSPS) is 11.5. The molecular weight excluding hydrogens is 395 g/mol. The highest BCUT2D eigenvalue weighted by Gasteiger charge is 2.23. The third-order valence-corrected chi connectivity index (χ3v) is 6.08. The van der Waals surface area contributed by atoms with Crippen LogP contribution in [-0.4, -0.2) is 19.3 Å². The van der Waals surface area contributed by atoms with Gasteiger partial charge in [-0.3, -0.25) is 9.78 Å². The maximum absolute atomic E-state index is 12.8. The van der Waals surface area contributed by atoms with Crippen LogP contribution in [0.2, 0.25) is 10.0 Å². The highest BCUT2D eigenvalue weighted by Crippen LogP contribution is 2.25. The Labute approximate surface area is 161 Å². The van der Waals surface area contributed by atoms with E-state index >= 15 is 0 Å². The van der Waals surface area contributed by atoms with Crippen molar-refractivity contribution < 1.29 is 13.2 Å². The number of hydrogen-bond donors (Lipinski definition) is 1. The van der Waals surface area contributed by atoms with Crippen molar-refractivity contribution in [2.24, 2.45) is 0 Å². The average Bonchev–Trinajstić information content (AvgIpc) is 2.57. The molecule has 0 unspecified atom stereocenters. The lowest BCUT2D eigenvalue weighted by atomic mass is 10.1. The second kappa shape index (κ2) is 7.23. The summed E-state index contributed by atoms with van der Waals surface area (Å²) in [6.07, 6.45) is 1.37. The highest BCUT2D eigenvalue weighted by molar-refractivity contribution is 7.90. The van der Waals surface area contributed by atoms with Gasteiger partial charge in [0, 0.05) is 11.6 Å². The molecule has 3 rings (SSSR count). The van der Waals surface area contributed by atoms with Gasteiger partial charge in [-0.15, -0.1) is 0 Å². The van der Waals surface area contributed by atoms with E-state index in [2.05, 4.69) is 9.71 Å². The fraction of sp³-hybridized carbons (Fsp3) is 0.111. The molecule has 0 radical (unpaired) electrons. The van der Waals surface area contributed by atoms with Gasteiger partial charge in [0.05, 0.1) is 22.0 Å². The molecule has 0 atom stereocenters. The molecule has 1 N–H and O–H groups in total.